The van der Waals surface area contributed by atoms with Gasteiger partial charge in [0.15, 0.2) is 0 Å². The highest BCUT2D eigenvalue weighted by Crippen LogP contribution is 2.29. The zero-order chi connectivity index (χ0) is 15.7. The monoisotopic (exact) mass is 300 g/mol. The van der Waals surface area contributed by atoms with Gasteiger partial charge in [0.05, 0.1) is 5.69 Å². The molecular formula is C16H20N4O2. The molecule has 3 heterocycles. The summed E-state index contributed by atoms with van der Waals surface area (Å²) < 4.78 is 5.22. The molecule has 1 saturated heterocycles. The van der Waals surface area contributed by atoms with Gasteiger partial charge in [-0.3, -0.25) is 9.78 Å². The minimum atomic E-state index is -0.144. The second-order valence-corrected chi connectivity index (χ2v) is 6.40. The summed E-state index contributed by atoms with van der Waals surface area (Å²) in [5.74, 6) is 0.0987. The van der Waals surface area contributed by atoms with E-state index in [-0.39, 0.29) is 23.1 Å². The van der Waals surface area contributed by atoms with Crippen LogP contribution >= 0.6 is 0 Å². The maximum atomic E-state index is 12.6. The SMILES string of the molecule is CC1(C)CN(C(=O)c2cc(-c3ccccn3)no2)CCC1N. The van der Waals surface area contributed by atoms with Crippen LogP contribution < -0.4 is 5.73 Å². The number of nitrogens with zero attached hydrogens (tertiary/aromatic N) is 3. The molecule has 2 aromatic heterocycles. The number of piperidine rings is 1. The van der Waals surface area contributed by atoms with Crippen LogP contribution in [0.4, 0.5) is 0 Å². The van der Waals surface area contributed by atoms with Crippen LogP contribution in [0.5, 0.6) is 0 Å². The van der Waals surface area contributed by atoms with Crippen LogP contribution in [-0.4, -0.2) is 40.1 Å². The van der Waals surface area contributed by atoms with Crippen LogP contribution in [0.2, 0.25) is 0 Å². The van der Waals surface area contributed by atoms with E-state index in [2.05, 4.69) is 24.0 Å². The molecule has 22 heavy (non-hydrogen) atoms. The van der Waals surface area contributed by atoms with Crippen molar-refractivity contribution < 1.29 is 9.32 Å². The Kier molecular flexibility index (Phi) is 3.70. The number of hydrogen-bond acceptors (Lipinski definition) is 5. The first-order chi connectivity index (χ1) is 10.5. The first kappa shape index (κ1) is 14.7. The molecule has 1 atom stereocenters. The van der Waals surface area contributed by atoms with Crippen LogP contribution in [-0.2, 0) is 0 Å². The van der Waals surface area contributed by atoms with Gasteiger partial charge in [0.1, 0.15) is 5.69 Å². The molecule has 116 valence electrons. The maximum Gasteiger partial charge on any atom is 0.292 e. The molecule has 0 radical (unpaired) electrons. The number of aromatic nitrogens is 2. The lowest BCUT2D eigenvalue weighted by atomic mass is 9.79. The van der Waals surface area contributed by atoms with Crippen LogP contribution in [0.3, 0.4) is 0 Å². The van der Waals surface area contributed by atoms with Gasteiger partial charge in [-0.15, -0.1) is 0 Å². The number of amides is 1. The first-order valence-corrected chi connectivity index (χ1v) is 7.40. The van der Waals surface area contributed by atoms with Gasteiger partial charge in [0.25, 0.3) is 5.91 Å². The van der Waals surface area contributed by atoms with E-state index in [0.29, 0.717) is 24.5 Å². The summed E-state index contributed by atoms with van der Waals surface area (Å²) in [6.07, 6.45) is 2.47. The minimum Gasteiger partial charge on any atom is -0.350 e. The van der Waals surface area contributed by atoms with E-state index in [1.807, 2.05) is 18.2 Å². The molecule has 1 unspecified atom stereocenters. The van der Waals surface area contributed by atoms with E-state index < -0.39 is 0 Å². The van der Waals surface area contributed by atoms with Crippen molar-refractivity contribution in [2.45, 2.75) is 26.3 Å². The van der Waals surface area contributed by atoms with E-state index in [4.69, 9.17) is 10.3 Å². The Bertz CT molecular complexity index is 666. The lowest BCUT2D eigenvalue weighted by molar-refractivity contribution is 0.0495. The standard InChI is InChI=1S/C16H20N4O2/c1-16(2)10-20(8-6-14(16)17)15(21)13-9-12(19-22-13)11-5-3-4-7-18-11/h3-5,7,9,14H,6,8,10,17H2,1-2H3. The van der Waals surface area contributed by atoms with Crippen molar-refractivity contribution in [2.24, 2.45) is 11.1 Å². The Morgan fingerprint density at radius 2 is 2.23 bits per heavy atom. The Labute approximate surface area is 129 Å². The van der Waals surface area contributed by atoms with E-state index in [1.165, 1.54) is 0 Å². The molecule has 2 aromatic rings. The molecule has 1 aliphatic rings. The number of carbonyl (C=O) groups excluding carboxylic acids is 1. The summed E-state index contributed by atoms with van der Waals surface area (Å²) >= 11 is 0. The third-order valence-electron chi connectivity index (χ3n) is 4.25. The van der Waals surface area contributed by atoms with Gasteiger partial charge in [0, 0.05) is 31.4 Å². The van der Waals surface area contributed by atoms with Crippen LogP contribution in [0.25, 0.3) is 11.4 Å². The predicted octanol–water partition coefficient (Wildman–Crippen LogP) is 1.94. The number of pyridine rings is 1. The maximum absolute atomic E-state index is 12.6. The van der Waals surface area contributed by atoms with Gasteiger partial charge >= 0.3 is 0 Å². The Morgan fingerprint density at radius 1 is 1.41 bits per heavy atom. The number of likely N-dealkylation sites (tertiary alicyclic amines) is 1. The molecule has 2 N–H and O–H groups in total. The van der Waals surface area contributed by atoms with Gasteiger partial charge in [-0.25, -0.2) is 0 Å². The fourth-order valence-electron chi connectivity index (χ4n) is 2.71. The number of carbonyl (C=O) groups is 1. The second-order valence-electron chi connectivity index (χ2n) is 6.40. The van der Waals surface area contributed by atoms with Crippen molar-refractivity contribution in [2.75, 3.05) is 13.1 Å². The minimum absolute atomic E-state index is 0.0995. The smallest absolute Gasteiger partial charge is 0.292 e. The predicted molar refractivity (Wildman–Crippen MR) is 82.0 cm³/mol. The lowest BCUT2D eigenvalue weighted by Gasteiger charge is -2.42. The molecule has 0 aliphatic carbocycles. The molecular weight excluding hydrogens is 280 g/mol. The normalized spacial score (nSPS) is 20.9. The quantitative estimate of drug-likeness (QED) is 0.916. The molecule has 1 fully saturated rings. The van der Waals surface area contributed by atoms with Gasteiger partial charge in [-0.2, -0.15) is 0 Å². The summed E-state index contributed by atoms with van der Waals surface area (Å²) in [5, 5.41) is 3.94. The van der Waals surface area contributed by atoms with Gasteiger partial charge in [-0.1, -0.05) is 25.1 Å². The first-order valence-electron chi connectivity index (χ1n) is 7.40. The van der Waals surface area contributed by atoms with Crippen molar-refractivity contribution in [3.63, 3.8) is 0 Å². The highest BCUT2D eigenvalue weighted by molar-refractivity contribution is 5.92. The average Bonchev–Trinajstić information content (AvgIpc) is 3.00. The van der Waals surface area contributed by atoms with Crippen molar-refractivity contribution in [3.05, 3.63) is 36.2 Å². The van der Waals surface area contributed by atoms with Crippen LogP contribution in [0.15, 0.2) is 35.0 Å². The van der Waals surface area contributed by atoms with Gasteiger partial charge in [0.2, 0.25) is 5.76 Å². The van der Waals surface area contributed by atoms with Gasteiger partial charge in [-0.05, 0) is 24.0 Å². The molecule has 1 amide bonds. The molecule has 6 heteroatoms. The second kappa shape index (κ2) is 5.53. The zero-order valence-corrected chi connectivity index (χ0v) is 12.8. The van der Waals surface area contributed by atoms with Crippen molar-refractivity contribution in [1.29, 1.82) is 0 Å². The summed E-state index contributed by atoms with van der Waals surface area (Å²) in [6, 6.07) is 7.28. The Balaban J connectivity index is 1.78. The fraction of sp³-hybridized carbons (Fsp3) is 0.438. The number of rotatable bonds is 2. The van der Waals surface area contributed by atoms with Gasteiger partial charge < -0.3 is 15.2 Å². The highest BCUT2D eigenvalue weighted by Gasteiger charge is 2.36. The molecule has 0 aromatic carbocycles. The third-order valence-corrected chi connectivity index (χ3v) is 4.25. The molecule has 1 aliphatic heterocycles. The van der Waals surface area contributed by atoms with E-state index in [1.54, 1.807) is 17.2 Å². The molecule has 0 saturated carbocycles. The summed E-state index contributed by atoms with van der Waals surface area (Å²) in [6.45, 7) is 5.42. The molecule has 3 rings (SSSR count). The summed E-state index contributed by atoms with van der Waals surface area (Å²) in [5.41, 5.74) is 7.27. The average molecular weight is 300 g/mol. The Hall–Kier alpha value is -2.21. The lowest BCUT2D eigenvalue weighted by Crippen LogP contribution is -2.53. The largest absolute Gasteiger partial charge is 0.350 e. The van der Waals surface area contributed by atoms with Crippen LogP contribution in [0, 0.1) is 5.41 Å². The number of hydrogen-bond donors (Lipinski definition) is 1. The third kappa shape index (κ3) is 2.74. The van der Waals surface area contributed by atoms with E-state index >= 15 is 0 Å². The van der Waals surface area contributed by atoms with Crippen molar-refractivity contribution >= 4 is 5.91 Å². The van der Waals surface area contributed by atoms with E-state index in [0.717, 1.165) is 6.42 Å². The zero-order valence-electron chi connectivity index (χ0n) is 12.8. The fourth-order valence-corrected chi connectivity index (χ4v) is 2.71. The number of nitrogens with two attached hydrogens (primary N) is 1. The van der Waals surface area contributed by atoms with Crippen molar-refractivity contribution in [1.82, 2.24) is 15.0 Å². The summed E-state index contributed by atoms with van der Waals surface area (Å²) in [7, 11) is 0. The van der Waals surface area contributed by atoms with Crippen molar-refractivity contribution in [3.8, 4) is 11.4 Å². The summed E-state index contributed by atoms with van der Waals surface area (Å²) in [4.78, 5) is 18.6. The molecule has 6 nitrogen and oxygen atoms in total. The topological polar surface area (TPSA) is 85.2 Å². The van der Waals surface area contributed by atoms with E-state index in [9.17, 15) is 4.79 Å². The molecule has 0 bridgehead atoms. The molecule has 0 spiro atoms. The highest BCUT2D eigenvalue weighted by atomic mass is 16.5. The Morgan fingerprint density at radius 3 is 2.91 bits per heavy atom. The van der Waals surface area contributed by atoms with Crippen LogP contribution in [0.1, 0.15) is 30.8 Å².